The van der Waals surface area contributed by atoms with Crippen LogP contribution in [0.25, 0.3) is 0 Å². The van der Waals surface area contributed by atoms with Crippen LogP contribution in [0.2, 0.25) is 0 Å². The van der Waals surface area contributed by atoms with Gasteiger partial charge < -0.3 is 4.90 Å². The van der Waals surface area contributed by atoms with E-state index in [1.54, 1.807) is 0 Å². The zero-order valence-corrected chi connectivity index (χ0v) is 16.7. The van der Waals surface area contributed by atoms with Gasteiger partial charge in [0, 0.05) is 25.4 Å². The molecule has 26 heavy (non-hydrogen) atoms. The van der Waals surface area contributed by atoms with Crippen LogP contribution in [0, 0.1) is 5.41 Å². The summed E-state index contributed by atoms with van der Waals surface area (Å²) in [6.45, 7) is 7.25. The molecule has 3 rings (SSSR count). The Kier molecular flexibility index (Phi) is 5.16. The van der Waals surface area contributed by atoms with Crippen molar-refractivity contribution in [2.45, 2.75) is 71.4 Å². The molecule has 0 aromatic carbocycles. The first-order chi connectivity index (χ1) is 12.1. The molecule has 0 spiro atoms. The number of sulfone groups is 1. The molecular weight excluding hydrogens is 354 g/mol. The molecule has 0 saturated carbocycles. The third-order valence-electron chi connectivity index (χ3n) is 5.35. The second kappa shape index (κ2) is 6.94. The Labute approximate surface area is 155 Å². The molecule has 3 aliphatic rings. The first kappa shape index (κ1) is 19.3. The van der Waals surface area contributed by atoms with Crippen LogP contribution in [-0.2, 0) is 19.4 Å². The van der Waals surface area contributed by atoms with Gasteiger partial charge in [-0.3, -0.25) is 9.59 Å². The van der Waals surface area contributed by atoms with E-state index in [9.17, 15) is 18.0 Å². The Morgan fingerprint density at radius 2 is 1.96 bits per heavy atom. The van der Waals surface area contributed by atoms with Crippen molar-refractivity contribution >= 4 is 27.4 Å². The van der Waals surface area contributed by atoms with Crippen LogP contribution in [0.1, 0.15) is 59.3 Å². The summed E-state index contributed by atoms with van der Waals surface area (Å²) in [4.78, 5) is 27.2. The van der Waals surface area contributed by atoms with E-state index in [1.807, 2.05) is 4.90 Å². The number of carbonyl (C=O) groups excluding carboxylic acids is 2. The minimum Gasteiger partial charge on any atom is -0.335 e. The average molecular weight is 384 g/mol. The molecule has 3 heterocycles. The molecular formula is C18H29N3O4S. The number of likely N-dealkylation sites (tertiary alicyclic amines) is 1. The minimum atomic E-state index is -3.11. The zero-order chi connectivity index (χ0) is 19.1. The second-order valence-corrected chi connectivity index (χ2v) is 11.1. The number of hydrogen-bond donors (Lipinski definition) is 0. The summed E-state index contributed by atoms with van der Waals surface area (Å²) in [6, 6.07) is -0.220. The van der Waals surface area contributed by atoms with Gasteiger partial charge >= 0.3 is 0 Å². The molecule has 0 aliphatic carbocycles. The SMILES string of the molecule is CC(C)(C)CC1CCCN1C(=O)C1=NN(C2CCS(=O)(=O)C2)C(=O)CC1. The van der Waals surface area contributed by atoms with E-state index in [0.29, 0.717) is 18.6 Å². The summed E-state index contributed by atoms with van der Waals surface area (Å²) < 4.78 is 23.5. The smallest absolute Gasteiger partial charge is 0.270 e. The van der Waals surface area contributed by atoms with Gasteiger partial charge in [0.05, 0.1) is 17.5 Å². The van der Waals surface area contributed by atoms with Gasteiger partial charge in [-0.2, -0.15) is 5.10 Å². The van der Waals surface area contributed by atoms with Gasteiger partial charge in [-0.05, 0) is 31.1 Å². The standard InChI is InChI=1S/C18H29N3O4S/c1-18(2,3)11-13-5-4-9-20(13)17(23)15-6-7-16(22)21(19-15)14-8-10-26(24,25)12-14/h13-14H,4-12H2,1-3H3. The van der Waals surface area contributed by atoms with E-state index in [1.165, 1.54) is 5.01 Å². The summed E-state index contributed by atoms with van der Waals surface area (Å²) >= 11 is 0. The van der Waals surface area contributed by atoms with Crippen molar-refractivity contribution in [3.8, 4) is 0 Å². The quantitative estimate of drug-likeness (QED) is 0.740. The molecule has 146 valence electrons. The van der Waals surface area contributed by atoms with Crippen molar-refractivity contribution in [1.29, 1.82) is 0 Å². The highest BCUT2D eigenvalue weighted by molar-refractivity contribution is 7.91. The first-order valence-electron chi connectivity index (χ1n) is 9.47. The third-order valence-corrected chi connectivity index (χ3v) is 7.10. The predicted octanol–water partition coefficient (Wildman–Crippen LogP) is 1.58. The topological polar surface area (TPSA) is 87.1 Å². The fourth-order valence-electron chi connectivity index (χ4n) is 4.17. The molecule has 0 aromatic heterocycles. The van der Waals surface area contributed by atoms with Crippen molar-refractivity contribution in [3.63, 3.8) is 0 Å². The van der Waals surface area contributed by atoms with Crippen LogP contribution in [0.15, 0.2) is 5.10 Å². The first-order valence-corrected chi connectivity index (χ1v) is 11.3. The highest BCUT2D eigenvalue weighted by Crippen LogP contribution is 2.31. The molecule has 0 radical (unpaired) electrons. The van der Waals surface area contributed by atoms with Gasteiger partial charge in [0.2, 0.25) is 5.91 Å². The monoisotopic (exact) mass is 383 g/mol. The van der Waals surface area contributed by atoms with Crippen molar-refractivity contribution in [2.75, 3.05) is 18.1 Å². The number of nitrogens with zero attached hydrogens (tertiary/aromatic N) is 3. The highest BCUT2D eigenvalue weighted by atomic mass is 32.2. The van der Waals surface area contributed by atoms with Gasteiger partial charge in [0.1, 0.15) is 5.71 Å². The molecule has 2 unspecified atom stereocenters. The number of hydrogen-bond acceptors (Lipinski definition) is 5. The maximum atomic E-state index is 13.0. The largest absolute Gasteiger partial charge is 0.335 e. The van der Waals surface area contributed by atoms with Crippen LogP contribution < -0.4 is 0 Å². The van der Waals surface area contributed by atoms with Crippen molar-refractivity contribution in [1.82, 2.24) is 9.91 Å². The zero-order valence-electron chi connectivity index (χ0n) is 15.9. The van der Waals surface area contributed by atoms with Crippen LogP contribution in [0.4, 0.5) is 0 Å². The normalized spacial score (nSPS) is 29.2. The lowest BCUT2D eigenvalue weighted by Gasteiger charge is -2.33. The number of amides is 2. The second-order valence-electron chi connectivity index (χ2n) is 8.90. The van der Waals surface area contributed by atoms with Crippen molar-refractivity contribution in [2.24, 2.45) is 10.5 Å². The van der Waals surface area contributed by atoms with E-state index in [0.717, 1.165) is 25.8 Å². The Hall–Kier alpha value is -1.44. The van der Waals surface area contributed by atoms with E-state index < -0.39 is 15.9 Å². The number of hydrazone groups is 1. The molecule has 7 nitrogen and oxygen atoms in total. The molecule has 0 aromatic rings. The van der Waals surface area contributed by atoms with Crippen LogP contribution in [0.5, 0.6) is 0 Å². The lowest BCUT2D eigenvalue weighted by Crippen LogP contribution is -2.46. The maximum absolute atomic E-state index is 13.0. The molecule has 0 N–H and O–H groups in total. The molecule has 2 fully saturated rings. The fraction of sp³-hybridized carbons (Fsp3) is 0.833. The van der Waals surface area contributed by atoms with Crippen LogP contribution >= 0.6 is 0 Å². The van der Waals surface area contributed by atoms with Gasteiger partial charge in [0.15, 0.2) is 9.84 Å². The van der Waals surface area contributed by atoms with Gasteiger partial charge in [-0.1, -0.05) is 20.8 Å². The van der Waals surface area contributed by atoms with E-state index >= 15 is 0 Å². The van der Waals surface area contributed by atoms with Gasteiger partial charge in [-0.25, -0.2) is 13.4 Å². The summed E-state index contributed by atoms with van der Waals surface area (Å²) in [7, 11) is -3.11. The van der Waals surface area contributed by atoms with Crippen molar-refractivity contribution < 1.29 is 18.0 Å². The Morgan fingerprint density at radius 1 is 1.23 bits per heavy atom. The summed E-state index contributed by atoms with van der Waals surface area (Å²) in [5.74, 6) is -0.244. The molecule has 8 heteroatoms. The van der Waals surface area contributed by atoms with Gasteiger partial charge in [-0.15, -0.1) is 0 Å². The molecule has 0 bridgehead atoms. The van der Waals surface area contributed by atoms with Crippen molar-refractivity contribution in [3.05, 3.63) is 0 Å². The van der Waals surface area contributed by atoms with Crippen LogP contribution in [-0.4, -0.2) is 66.0 Å². The fourth-order valence-corrected chi connectivity index (χ4v) is 5.86. The molecule has 2 amide bonds. The molecule has 2 atom stereocenters. The predicted molar refractivity (Wildman–Crippen MR) is 99.4 cm³/mol. The van der Waals surface area contributed by atoms with Gasteiger partial charge in [0.25, 0.3) is 5.91 Å². The number of rotatable bonds is 3. The Balaban J connectivity index is 1.76. The van der Waals surface area contributed by atoms with Crippen LogP contribution in [0.3, 0.4) is 0 Å². The third kappa shape index (κ3) is 4.27. The summed E-state index contributed by atoms with van der Waals surface area (Å²) in [6.07, 6.45) is 3.89. The molecule has 2 saturated heterocycles. The summed E-state index contributed by atoms with van der Waals surface area (Å²) in [5.41, 5.74) is 0.539. The maximum Gasteiger partial charge on any atom is 0.270 e. The Bertz CT molecular complexity index is 723. The summed E-state index contributed by atoms with van der Waals surface area (Å²) in [5, 5.41) is 5.60. The average Bonchev–Trinajstić information content (AvgIpc) is 3.11. The van der Waals surface area contributed by atoms with E-state index in [4.69, 9.17) is 0 Å². The number of carbonyl (C=O) groups is 2. The lowest BCUT2D eigenvalue weighted by molar-refractivity contribution is -0.134. The molecule has 3 aliphatic heterocycles. The van der Waals surface area contributed by atoms with E-state index in [-0.39, 0.29) is 41.2 Å². The van der Waals surface area contributed by atoms with E-state index in [2.05, 4.69) is 25.9 Å². The Morgan fingerprint density at radius 3 is 2.58 bits per heavy atom. The highest BCUT2D eigenvalue weighted by Gasteiger charge is 2.39. The lowest BCUT2D eigenvalue weighted by atomic mass is 9.87. The minimum absolute atomic E-state index is 0.0555.